The van der Waals surface area contributed by atoms with Crippen molar-refractivity contribution < 1.29 is 34.7 Å². The van der Waals surface area contributed by atoms with Crippen molar-refractivity contribution in [2.75, 3.05) is 0 Å². The molecule has 2 rings (SSSR count). The van der Waals surface area contributed by atoms with Crippen LogP contribution in [-0.2, 0) is 0 Å². The van der Waals surface area contributed by atoms with Crippen molar-refractivity contribution in [1.82, 2.24) is 0 Å². The molecule has 0 aliphatic rings. The van der Waals surface area contributed by atoms with E-state index in [1.807, 2.05) is 36.4 Å². The fourth-order valence-electron chi connectivity index (χ4n) is 1.35. The minimum absolute atomic E-state index is 0. The minimum atomic E-state index is -0.131. The summed E-state index contributed by atoms with van der Waals surface area (Å²) in [7, 11) is 0. The normalized spacial score (nSPS) is 9.40. The Morgan fingerprint density at radius 2 is 1.53 bits per heavy atom. The Kier molecular flexibility index (Phi) is 4.68. The van der Waals surface area contributed by atoms with Crippen LogP contribution >= 0.6 is 11.6 Å². The second-order valence-corrected chi connectivity index (χ2v) is 3.36. The van der Waals surface area contributed by atoms with Gasteiger partial charge >= 0.3 is 29.6 Å². The van der Waals surface area contributed by atoms with Crippen LogP contribution in [0, 0.1) is 0 Å². The average molecular weight is 227 g/mol. The monoisotopic (exact) mass is 226 g/mol. The second-order valence-electron chi connectivity index (χ2n) is 2.98. The summed E-state index contributed by atoms with van der Waals surface area (Å²) in [4.78, 5) is 0. The van der Waals surface area contributed by atoms with Crippen molar-refractivity contribution in [3.8, 4) is 16.9 Å². The van der Waals surface area contributed by atoms with Crippen LogP contribution in [0.2, 0.25) is 5.02 Å². The first-order chi connectivity index (χ1) is 6.79. The standard InChI is InChI=1S/C12H9ClO.Na/c13-12-10(7-4-8-11(12)14)9-5-2-1-3-6-9;/h1-8,14H;/q;+1/p-1. The Balaban J connectivity index is 0.00000112. The molecule has 70 valence electrons. The molecule has 0 atom stereocenters. The largest absolute Gasteiger partial charge is 1.00 e. The molecule has 0 aromatic heterocycles. The number of hydrogen-bond acceptors (Lipinski definition) is 1. The number of halogens is 1. The molecule has 3 heteroatoms. The van der Waals surface area contributed by atoms with Gasteiger partial charge < -0.3 is 5.11 Å². The summed E-state index contributed by atoms with van der Waals surface area (Å²) in [6.45, 7) is 0. The summed E-state index contributed by atoms with van der Waals surface area (Å²) >= 11 is 5.92. The van der Waals surface area contributed by atoms with Gasteiger partial charge in [-0.15, -0.1) is 0 Å². The fourth-order valence-corrected chi connectivity index (χ4v) is 1.59. The van der Waals surface area contributed by atoms with E-state index in [1.54, 1.807) is 6.07 Å². The molecule has 0 heterocycles. The van der Waals surface area contributed by atoms with E-state index < -0.39 is 0 Å². The Hall–Kier alpha value is -0.470. The van der Waals surface area contributed by atoms with E-state index in [2.05, 4.69) is 0 Å². The first-order valence-electron chi connectivity index (χ1n) is 4.30. The van der Waals surface area contributed by atoms with Gasteiger partial charge in [0.1, 0.15) is 0 Å². The van der Waals surface area contributed by atoms with Gasteiger partial charge in [-0.25, -0.2) is 0 Å². The van der Waals surface area contributed by atoms with Gasteiger partial charge in [-0.05, 0) is 11.1 Å². The molecular formula is C12H8ClNaO. The molecule has 15 heavy (non-hydrogen) atoms. The van der Waals surface area contributed by atoms with Crippen LogP contribution in [0.5, 0.6) is 5.75 Å². The van der Waals surface area contributed by atoms with Crippen LogP contribution in [0.25, 0.3) is 11.1 Å². The molecule has 1 nitrogen and oxygen atoms in total. The van der Waals surface area contributed by atoms with Gasteiger partial charge in [0.15, 0.2) is 0 Å². The molecular weight excluding hydrogens is 219 g/mol. The van der Waals surface area contributed by atoms with E-state index in [4.69, 9.17) is 11.6 Å². The van der Waals surface area contributed by atoms with Crippen molar-refractivity contribution in [3.05, 3.63) is 53.6 Å². The van der Waals surface area contributed by atoms with Crippen molar-refractivity contribution in [1.29, 1.82) is 0 Å². The van der Waals surface area contributed by atoms with E-state index in [0.717, 1.165) is 11.1 Å². The predicted octanol–water partition coefficient (Wildman–Crippen LogP) is 0.0846. The Labute approximate surface area is 116 Å². The van der Waals surface area contributed by atoms with Gasteiger partial charge in [-0.1, -0.05) is 65.9 Å². The molecule has 0 N–H and O–H groups in total. The number of rotatable bonds is 1. The molecule has 0 unspecified atom stereocenters. The maximum absolute atomic E-state index is 11.3. The Morgan fingerprint density at radius 3 is 2.20 bits per heavy atom. The molecule has 2 aromatic carbocycles. The molecule has 0 saturated heterocycles. The zero-order valence-electron chi connectivity index (χ0n) is 8.41. The maximum Gasteiger partial charge on any atom is 1.00 e. The summed E-state index contributed by atoms with van der Waals surface area (Å²) in [6.07, 6.45) is 0. The molecule has 0 aliphatic carbocycles. The quantitative estimate of drug-likeness (QED) is 0.632. The average Bonchev–Trinajstić information content (AvgIpc) is 2.23. The van der Waals surface area contributed by atoms with Crippen LogP contribution in [0.4, 0.5) is 0 Å². The molecule has 0 bridgehead atoms. The first kappa shape index (κ1) is 12.6. The topological polar surface area (TPSA) is 23.1 Å². The van der Waals surface area contributed by atoms with E-state index in [-0.39, 0.29) is 35.3 Å². The predicted molar refractivity (Wildman–Crippen MR) is 56.3 cm³/mol. The molecule has 0 radical (unpaired) electrons. The van der Waals surface area contributed by atoms with Gasteiger partial charge in [-0.3, -0.25) is 0 Å². The summed E-state index contributed by atoms with van der Waals surface area (Å²) in [5.74, 6) is -0.131. The molecule has 0 spiro atoms. The van der Waals surface area contributed by atoms with E-state index in [9.17, 15) is 5.11 Å². The van der Waals surface area contributed by atoms with Gasteiger partial charge in [0.25, 0.3) is 0 Å². The zero-order chi connectivity index (χ0) is 9.97. The molecule has 0 amide bonds. The summed E-state index contributed by atoms with van der Waals surface area (Å²) in [5, 5.41) is 11.6. The smallest absolute Gasteiger partial charge is 0.871 e. The van der Waals surface area contributed by atoms with Crippen molar-refractivity contribution in [2.24, 2.45) is 0 Å². The summed E-state index contributed by atoms with van der Waals surface area (Å²) in [5.41, 5.74) is 1.76. The van der Waals surface area contributed by atoms with Crippen LogP contribution in [-0.4, -0.2) is 0 Å². The zero-order valence-corrected chi connectivity index (χ0v) is 11.2. The van der Waals surface area contributed by atoms with Crippen molar-refractivity contribution in [2.45, 2.75) is 0 Å². The van der Waals surface area contributed by atoms with Crippen LogP contribution in [0.3, 0.4) is 0 Å². The van der Waals surface area contributed by atoms with Gasteiger partial charge in [0.05, 0.1) is 0 Å². The fraction of sp³-hybridized carbons (Fsp3) is 0. The van der Waals surface area contributed by atoms with E-state index in [1.165, 1.54) is 6.07 Å². The first-order valence-corrected chi connectivity index (χ1v) is 4.68. The van der Waals surface area contributed by atoms with E-state index >= 15 is 0 Å². The third kappa shape index (κ3) is 2.76. The number of hydrogen-bond donors (Lipinski definition) is 0. The van der Waals surface area contributed by atoms with Gasteiger partial charge in [0.2, 0.25) is 0 Å². The Morgan fingerprint density at radius 1 is 0.867 bits per heavy atom. The van der Waals surface area contributed by atoms with Crippen molar-refractivity contribution in [3.63, 3.8) is 0 Å². The third-order valence-electron chi connectivity index (χ3n) is 2.05. The molecule has 0 aliphatic heterocycles. The van der Waals surface area contributed by atoms with Crippen LogP contribution in [0.1, 0.15) is 0 Å². The van der Waals surface area contributed by atoms with E-state index in [0.29, 0.717) is 5.02 Å². The van der Waals surface area contributed by atoms with Crippen molar-refractivity contribution >= 4 is 11.6 Å². The third-order valence-corrected chi connectivity index (χ3v) is 2.44. The number of benzene rings is 2. The minimum Gasteiger partial charge on any atom is -0.871 e. The SMILES string of the molecule is [Na+].[O-]c1cccc(-c2ccccc2)c1Cl. The summed E-state index contributed by atoms with van der Waals surface area (Å²) in [6, 6.07) is 14.7. The van der Waals surface area contributed by atoms with Crippen LogP contribution in [0.15, 0.2) is 48.5 Å². The van der Waals surface area contributed by atoms with Gasteiger partial charge in [0, 0.05) is 5.02 Å². The van der Waals surface area contributed by atoms with Gasteiger partial charge in [-0.2, -0.15) is 0 Å². The second kappa shape index (κ2) is 5.57. The van der Waals surface area contributed by atoms with Crippen LogP contribution < -0.4 is 34.7 Å². The molecule has 0 fully saturated rings. The maximum atomic E-state index is 11.3. The molecule has 0 saturated carbocycles. The molecule has 2 aromatic rings. The summed E-state index contributed by atoms with van der Waals surface area (Å²) < 4.78 is 0. The Bertz CT molecular complexity index is 443.